The average Bonchev–Trinajstić information content (AvgIpc) is 3.24. The monoisotopic (exact) mass is 524 g/mol. The van der Waals surface area contributed by atoms with Crippen LogP contribution < -0.4 is 9.64 Å². The van der Waals surface area contributed by atoms with Gasteiger partial charge in [0.2, 0.25) is 0 Å². The molecular formula is C25H27F3N2O3S2. The summed E-state index contributed by atoms with van der Waals surface area (Å²) in [5.41, 5.74) is 6.02. The Balaban J connectivity index is 1.39. The molecule has 0 bridgehead atoms. The van der Waals surface area contributed by atoms with Gasteiger partial charge >= 0.3 is 6.36 Å². The van der Waals surface area contributed by atoms with Crippen LogP contribution in [0.25, 0.3) is 0 Å². The van der Waals surface area contributed by atoms with Gasteiger partial charge in [0.1, 0.15) is 5.75 Å². The molecule has 4 rings (SSSR count). The summed E-state index contributed by atoms with van der Waals surface area (Å²) >= 11 is 1.56. The third kappa shape index (κ3) is 5.98. The summed E-state index contributed by atoms with van der Waals surface area (Å²) in [6.45, 7) is 7.42. The lowest BCUT2D eigenvalue weighted by Gasteiger charge is -2.31. The van der Waals surface area contributed by atoms with Crippen molar-refractivity contribution in [2.75, 3.05) is 18.0 Å². The second kappa shape index (κ2) is 9.81. The Bertz CT molecular complexity index is 1270. The number of aryl methyl sites for hydroxylation is 3. The number of aromatic nitrogens is 1. The third-order valence-corrected chi connectivity index (χ3v) is 9.50. The molecule has 0 aliphatic carbocycles. The van der Waals surface area contributed by atoms with Gasteiger partial charge in [0.05, 0.1) is 15.8 Å². The number of anilines is 1. The lowest BCUT2D eigenvalue weighted by Crippen LogP contribution is -2.39. The maximum Gasteiger partial charge on any atom is 0.573 e. The van der Waals surface area contributed by atoms with E-state index in [4.69, 9.17) is 4.98 Å². The molecule has 0 amide bonds. The van der Waals surface area contributed by atoms with Crippen LogP contribution in [0.5, 0.6) is 5.75 Å². The molecule has 1 aromatic heterocycles. The van der Waals surface area contributed by atoms with Crippen molar-refractivity contribution >= 4 is 26.3 Å². The third-order valence-electron chi connectivity index (χ3n) is 6.28. The molecule has 5 nitrogen and oxygen atoms in total. The van der Waals surface area contributed by atoms with Crippen molar-refractivity contribution in [1.29, 1.82) is 0 Å². The quantitative estimate of drug-likeness (QED) is 0.396. The van der Waals surface area contributed by atoms with E-state index >= 15 is 0 Å². The maximum atomic E-state index is 13.0. The minimum absolute atomic E-state index is 0.00541. The molecule has 188 valence electrons. The van der Waals surface area contributed by atoms with Crippen LogP contribution in [0.3, 0.4) is 0 Å². The van der Waals surface area contributed by atoms with Gasteiger partial charge in [-0.05, 0) is 74.6 Å². The molecule has 35 heavy (non-hydrogen) atoms. The van der Waals surface area contributed by atoms with Crippen LogP contribution in [0.4, 0.5) is 18.3 Å². The Kier molecular flexibility index (Phi) is 7.15. The standard InChI is InChI=1S/C25H27F3N2O3S2/c1-16-12-17(2)23(18(3)13-16)14-19-15-34-24(29-19)30-10-8-22(9-11-30)35(31,32)21-6-4-20(5-7-21)33-25(26,27)28/h4-7,12-13,15,22H,8-11,14H2,1-3H3. The molecule has 1 fully saturated rings. The summed E-state index contributed by atoms with van der Waals surface area (Å²) in [6, 6.07) is 8.76. The van der Waals surface area contributed by atoms with E-state index in [9.17, 15) is 21.6 Å². The molecule has 0 saturated carbocycles. The molecule has 0 unspecified atom stereocenters. The number of thiazole rings is 1. The van der Waals surface area contributed by atoms with Gasteiger partial charge in [-0.1, -0.05) is 17.7 Å². The van der Waals surface area contributed by atoms with E-state index in [1.807, 2.05) is 0 Å². The summed E-state index contributed by atoms with van der Waals surface area (Å²) < 4.78 is 66.9. The van der Waals surface area contributed by atoms with Crippen molar-refractivity contribution in [1.82, 2.24) is 4.98 Å². The lowest BCUT2D eigenvalue weighted by molar-refractivity contribution is -0.274. The first-order valence-corrected chi connectivity index (χ1v) is 13.7. The Morgan fingerprint density at radius 1 is 1.06 bits per heavy atom. The van der Waals surface area contributed by atoms with Gasteiger partial charge in [-0.15, -0.1) is 24.5 Å². The fourth-order valence-electron chi connectivity index (χ4n) is 4.57. The normalized spacial score (nSPS) is 15.4. The predicted octanol–water partition coefficient (Wildman–Crippen LogP) is 6.00. The number of halogens is 3. The van der Waals surface area contributed by atoms with Crippen molar-refractivity contribution in [3.05, 3.63) is 69.7 Å². The summed E-state index contributed by atoms with van der Waals surface area (Å²) in [6.07, 6.45) is -3.21. The average molecular weight is 525 g/mol. The first-order chi connectivity index (χ1) is 16.4. The highest BCUT2D eigenvalue weighted by molar-refractivity contribution is 7.92. The molecule has 1 aliphatic rings. The van der Waals surface area contributed by atoms with Gasteiger partial charge in [-0.3, -0.25) is 0 Å². The number of hydrogen-bond donors (Lipinski definition) is 0. The number of nitrogens with zero attached hydrogens (tertiary/aromatic N) is 2. The smallest absolute Gasteiger partial charge is 0.406 e. The van der Waals surface area contributed by atoms with Gasteiger partial charge in [0.25, 0.3) is 0 Å². The number of benzene rings is 2. The molecule has 3 aromatic rings. The minimum Gasteiger partial charge on any atom is -0.406 e. The Morgan fingerprint density at radius 2 is 1.66 bits per heavy atom. The summed E-state index contributed by atoms with van der Waals surface area (Å²) in [7, 11) is -3.66. The number of alkyl halides is 3. The van der Waals surface area contributed by atoms with Crippen molar-refractivity contribution in [3.8, 4) is 5.75 Å². The van der Waals surface area contributed by atoms with E-state index in [0.717, 1.165) is 29.4 Å². The second-order valence-electron chi connectivity index (χ2n) is 8.93. The predicted molar refractivity (Wildman–Crippen MR) is 131 cm³/mol. The largest absolute Gasteiger partial charge is 0.573 e. The van der Waals surface area contributed by atoms with E-state index in [-0.39, 0.29) is 4.90 Å². The van der Waals surface area contributed by atoms with Gasteiger partial charge in [0, 0.05) is 24.9 Å². The van der Waals surface area contributed by atoms with Crippen LogP contribution in [0.2, 0.25) is 0 Å². The number of rotatable bonds is 6. The van der Waals surface area contributed by atoms with Gasteiger partial charge in [0.15, 0.2) is 15.0 Å². The van der Waals surface area contributed by atoms with Crippen molar-refractivity contribution < 1.29 is 26.3 Å². The molecule has 0 atom stereocenters. The molecular weight excluding hydrogens is 497 g/mol. The lowest BCUT2D eigenvalue weighted by atomic mass is 9.96. The molecule has 0 spiro atoms. The van der Waals surface area contributed by atoms with E-state index in [1.54, 1.807) is 11.3 Å². The topological polar surface area (TPSA) is 59.5 Å². The van der Waals surface area contributed by atoms with Crippen molar-refractivity contribution in [3.63, 3.8) is 0 Å². The first kappa shape index (κ1) is 25.5. The summed E-state index contributed by atoms with van der Waals surface area (Å²) in [4.78, 5) is 6.92. The van der Waals surface area contributed by atoms with Crippen LogP contribution in [0.15, 0.2) is 46.7 Å². The van der Waals surface area contributed by atoms with Crippen LogP contribution >= 0.6 is 11.3 Å². The van der Waals surface area contributed by atoms with Crippen molar-refractivity contribution in [2.24, 2.45) is 0 Å². The number of ether oxygens (including phenoxy) is 1. The van der Waals surface area contributed by atoms with Crippen LogP contribution in [-0.2, 0) is 16.3 Å². The Hall–Kier alpha value is -2.59. The second-order valence-corrected chi connectivity index (χ2v) is 12.0. The van der Waals surface area contributed by atoms with Crippen molar-refractivity contribution in [2.45, 2.75) is 56.5 Å². The van der Waals surface area contributed by atoms with Crippen LogP contribution in [0, 0.1) is 20.8 Å². The number of hydrogen-bond acceptors (Lipinski definition) is 6. The van der Waals surface area contributed by atoms with E-state index in [0.29, 0.717) is 25.9 Å². The molecule has 10 heteroatoms. The number of sulfone groups is 1. The molecule has 2 aromatic carbocycles. The van der Waals surface area contributed by atoms with Crippen LogP contribution in [-0.4, -0.2) is 38.1 Å². The molecule has 0 radical (unpaired) electrons. The highest BCUT2D eigenvalue weighted by Crippen LogP contribution is 2.31. The molecule has 0 N–H and O–H groups in total. The molecule has 2 heterocycles. The summed E-state index contributed by atoms with van der Waals surface area (Å²) in [5.74, 6) is -0.443. The van der Waals surface area contributed by atoms with E-state index in [1.165, 1.54) is 34.4 Å². The highest BCUT2D eigenvalue weighted by Gasteiger charge is 2.33. The molecule has 1 saturated heterocycles. The summed E-state index contributed by atoms with van der Waals surface area (Å²) in [5, 5.41) is 2.35. The zero-order chi connectivity index (χ0) is 25.4. The van der Waals surface area contributed by atoms with E-state index < -0.39 is 27.2 Å². The highest BCUT2D eigenvalue weighted by atomic mass is 32.2. The number of piperidine rings is 1. The SMILES string of the molecule is Cc1cc(C)c(Cc2csc(N3CCC(S(=O)(=O)c4ccc(OC(F)(F)F)cc4)CC3)n2)c(C)c1. The zero-order valence-corrected chi connectivity index (χ0v) is 21.4. The maximum absolute atomic E-state index is 13.0. The Labute approximate surface area is 207 Å². The molecule has 1 aliphatic heterocycles. The van der Waals surface area contributed by atoms with Gasteiger partial charge < -0.3 is 9.64 Å². The zero-order valence-electron chi connectivity index (χ0n) is 19.7. The Morgan fingerprint density at radius 3 is 2.23 bits per heavy atom. The van der Waals surface area contributed by atoms with Gasteiger partial charge in [-0.25, -0.2) is 13.4 Å². The van der Waals surface area contributed by atoms with Gasteiger partial charge in [-0.2, -0.15) is 0 Å². The van der Waals surface area contributed by atoms with Crippen LogP contribution in [0.1, 0.15) is 40.8 Å². The van der Waals surface area contributed by atoms with E-state index in [2.05, 4.69) is 47.9 Å². The fraction of sp³-hybridized carbons (Fsp3) is 0.400. The fourth-order valence-corrected chi connectivity index (χ4v) is 7.18. The minimum atomic E-state index is -4.82. The first-order valence-electron chi connectivity index (χ1n) is 11.3.